The average molecular weight is 343 g/mol. The molecule has 2 heterocycles. The van der Waals surface area contributed by atoms with Crippen molar-refractivity contribution in [2.45, 2.75) is 19.8 Å². The normalized spacial score (nSPS) is 21.4. The topological polar surface area (TPSA) is 51.1 Å². The molecule has 1 atom stereocenters. The predicted octanol–water partition coefficient (Wildman–Crippen LogP) is 3.73. The van der Waals surface area contributed by atoms with E-state index in [1.54, 1.807) is 17.0 Å². The third-order valence-electron chi connectivity index (χ3n) is 4.11. The standard InChI is InChI=1S/C18H15ClN2O3/c1-3-23-18-16(22)14-9-11(2)7-8-15(14)21(18)17(20-24-18)12-5-4-6-13(19)10-12/h4-10H,3H2,1-2H3/t18-/m1/s1. The summed E-state index contributed by atoms with van der Waals surface area (Å²) in [6.07, 6.45) is 0. The number of hydrogen-bond donors (Lipinski definition) is 0. The summed E-state index contributed by atoms with van der Waals surface area (Å²) in [5.41, 5.74) is 3.04. The lowest BCUT2D eigenvalue weighted by Gasteiger charge is -2.28. The molecule has 6 heteroatoms. The summed E-state index contributed by atoms with van der Waals surface area (Å²) >= 11 is 6.10. The molecule has 5 nitrogen and oxygen atoms in total. The number of benzene rings is 2. The molecule has 4 rings (SSSR count). The van der Waals surface area contributed by atoms with Crippen LogP contribution in [0.25, 0.3) is 0 Å². The van der Waals surface area contributed by atoms with Gasteiger partial charge in [-0.3, -0.25) is 9.69 Å². The molecule has 0 unspecified atom stereocenters. The molecule has 0 saturated heterocycles. The SMILES string of the molecule is CCO[C@]12ON=C(c3cccc(Cl)c3)N1c1ccc(C)cc1C2=O. The number of Topliss-reactive ketones (excluding diaryl/α,β-unsaturated/α-hetero) is 1. The fraction of sp³-hybridized carbons (Fsp3) is 0.222. The van der Waals surface area contributed by atoms with E-state index < -0.39 is 5.91 Å². The summed E-state index contributed by atoms with van der Waals surface area (Å²) in [7, 11) is 0. The number of ketones is 1. The van der Waals surface area contributed by atoms with Crippen LogP contribution in [0.4, 0.5) is 5.69 Å². The van der Waals surface area contributed by atoms with E-state index in [1.807, 2.05) is 44.2 Å². The number of fused-ring (bicyclic) bond motifs is 3. The average Bonchev–Trinajstić information content (AvgIpc) is 3.04. The molecule has 0 aliphatic carbocycles. The van der Waals surface area contributed by atoms with Crippen molar-refractivity contribution in [3.05, 3.63) is 64.2 Å². The van der Waals surface area contributed by atoms with Gasteiger partial charge >= 0.3 is 5.91 Å². The number of oxime groups is 1. The van der Waals surface area contributed by atoms with Crippen LogP contribution >= 0.6 is 11.6 Å². The van der Waals surface area contributed by atoms with Crippen LogP contribution in [0, 0.1) is 6.92 Å². The number of nitrogens with zero attached hydrogens (tertiary/aromatic N) is 2. The molecule has 0 N–H and O–H groups in total. The number of hydrogen-bond acceptors (Lipinski definition) is 5. The highest BCUT2D eigenvalue weighted by atomic mass is 35.5. The number of carbonyl (C=O) groups is 1. The molecule has 24 heavy (non-hydrogen) atoms. The molecule has 2 aliphatic heterocycles. The van der Waals surface area contributed by atoms with Gasteiger partial charge in [0.25, 0.3) is 5.78 Å². The second-order valence-corrected chi connectivity index (χ2v) is 6.15. The van der Waals surface area contributed by atoms with Crippen molar-refractivity contribution >= 4 is 28.9 Å². The van der Waals surface area contributed by atoms with Gasteiger partial charge in [-0.05, 0) is 38.1 Å². The van der Waals surface area contributed by atoms with E-state index in [4.69, 9.17) is 21.2 Å². The van der Waals surface area contributed by atoms with Gasteiger partial charge in [0.2, 0.25) is 0 Å². The van der Waals surface area contributed by atoms with Crippen LogP contribution in [0.3, 0.4) is 0 Å². The van der Waals surface area contributed by atoms with E-state index in [2.05, 4.69) is 5.16 Å². The fourth-order valence-electron chi connectivity index (χ4n) is 3.10. The van der Waals surface area contributed by atoms with Gasteiger partial charge < -0.3 is 9.57 Å². The van der Waals surface area contributed by atoms with E-state index >= 15 is 0 Å². The summed E-state index contributed by atoms with van der Waals surface area (Å²) in [4.78, 5) is 20.2. The Labute approximate surface area is 144 Å². The third-order valence-corrected chi connectivity index (χ3v) is 4.34. The fourth-order valence-corrected chi connectivity index (χ4v) is 3.29. The second-order valence-electron chi connectivity index (χ2n) is 5.72. The Morgan fingerprint density at radius 2 is 2.12 bits per heavy atom. The van der Waals surface area contributed by atoms with E-state index in [0.29, 0.717) is 23.0 Å². The molecule has 0 fully saturated rings. The molecule has 122 valence electrons. The first-order valence-electron chi connectivity index (χ1n) is 7.68. The number of ether oxygens (including phenoxy) is 1. The lowest BCUT2D eigenvalue weighted by molar-refractivity contribution is -0.178. The Morgan fingerprint density at radius 3 is 2.88 bits per heavy atom. The van der Waals surface area contributed by atoms with Gasteiger partial charge in [0.1, 0.15) is 0 Å². The maximum Gasteiger partial charge on any atom is 0.390 e. The summed E-state index contributed by atoms with van der Waals surface area (Å²) in [6, 6.07) is 12.9. The Balaban J connectivity index is 1.89. The van der Waals surface area contributed by atoms with Crippen LogP contribution < -0.4 is 4.90 Å². The zero-order valence-electron chi connectivity index (χ0n) is 13.2. The molecule has 0 radical (unpaired) electrons. The molecular formula is C18H15ClN2O3. The van der Waals surface area contributed by atoms with E-state index in [1.165, 1.54) is 0 Å². The minimum absolute atomic E-state index is 0.246. The number of amidine groups is 1. The minimum atomic E-state index is -1.57. The van der Waals surface area contributed by atoms with Gasteiger partial charge in [-0.2, -0.15) is 0 Å². The Hall–Kier alpha value is -2.37. The summed E-state index contributed by atoms with van der Waals surface area (Å²) in [6.45, 7) is 4.07. The van der Waals surface area contributed by atoms with Gasteiger partial charge in [-0.15, -0.1) is 0 Å². The number of anilines is 1. The highest BCUT2D eigenvalue weighted by molar-refractivity contribution is 6.31. The summed E-state index contributed by atoms with van der Waals surface area (Å²) in [5.74, 6) is -1.31. The molecule has 0 saturated carbocycles. The van der Waals surface area contributed by atoms with Gasteiger partial charge in [0.15, 0.2) is 5.84 Å². The number of aryl methyl sites for hydroxylation is 1. The van der Waals surface area contributed by atoms with Gasteiger partial charge in [-0.1, -0.05) is 40.5 Å². The minimum Gasteiger partial charge on any atom is -0.327 e. The first-order valence-corrected chi connectivity index (χ1v) is 8.06. The van der Waals surface area contributed by atoms with E-state index in [0.717, 1.165) is 16.8 Å². The first-order chi connectivity index (χ1) is 11.6. The lowest BCUT2D eigenvalue weighted by atomic mass is 10.1. The summed E-state index contributed by atoms with van der Waals surface area (Å²) in [5, 5.41) is 4.71. The molecular weight excluding hydrogens is 328 g/mol. The van der Waals surface area contributed by atoms with Crippen molar-refractivity contribution in [1.29, 1.82) is 0 Å². The lowest BCUT2D eigenvalue weighted by Crippen LogP contribution is -2.52. The largest absolute Gasteiger partial charge is 0.390 e. The number of halogens is 1. The molecule has 2 aromatic carbocycles. The van der Waals surface area contributed by atoms with Crippen LogP contribution in [0.5, 0.6) is 0 Å². The van der Waals surface area contributed by atoms with Crippen LogP contribution in [-0.2, 0) is 9.57 Å². The van der Waals surface area contributed by atoms with Gasteiger partial charge in [0, 0.05) is 10.6 Å². The van der Waals surface area contributed by atoms with Crippen molar-refractivity contribution in [3.63, 3.8) is 0 Å². The Kier molecular flexibility index (Phi) is 3.37. The van der Waals surface area contributed by atoms with Crippen LogP contribution in [0.1, 0.15) is 28.4 Å². The van der Waals surface area contributed by atoms with Crippen LogP contribution in [-0.4, -0.2) is 24.1 Å². The quantitative estimate of drug-likeness (QED) is 0.852. The highest BCUT2D eigenvalue weighted by Crippen LogP contribution is 2.45. The second kappa shape index (κ2) is 5.33. The third kappa shape index (κ3) is 1.98. The van der Waals surface area contributed by atoms with E-state index in [-0.39, 0.29) is 5.78 Å². The summed E-state index contributed by atoms with van der Waals surface area (Å²) < 4.78 is 5.74. The van der Waals surface area contributed by atoms with Crippen LogP contribution in [0.2, 0.25) is 5.02 Å². The molecule has 0 spiro atoms. The van der Waals surface area contributed by atoms with Gasteiger partial charge in [0.05, 0.1) is 17.9 Å². The van der Waals surface area contributed by atoms with Crippen molar-refractivity contribution in [3.8, 4) is 0 Å². The first kappa shape index (κ1) is 15.2. The molecule has 0 amide bonds. The van der Waals surface area contributed by atoms with Crippen molar-refractivity contribution < 1.29 is 14.4 Å². The molecule has 0 aromatic heterocycles. The maximum absolute atomic E-state index is 13.0. The smallest absolute Gasteiger partial charge is 0.327 e. The number of carbonyl (C=O) groups excluding carboxylic acids is 1. The molecule has 2 aliphatic rings. The molecule has 2 aromatic rings. The maximum atomic E-state index is 13.0. The van der Waals surface area contributed by atoms with Crippen molar-refractivity contribution in [1.82, 2.24) is 0 Å². The van der Waals surface area contributed by atoms with E-state index in [9.17, 15) is 4.79 Å². The molecule has 0 bridgehead atoms. The van der Waals surface area contributed by atoms with Gasteiger partial charge in [-0.25, -0.2) is 0 Å². The zero-order chi connectivity index (χ0) is 16.9. The van der Waals surface area contributed by atoms with Crippen molar-refractivity contribution in [2.75, 3.05) is 11.5 Å². The van der Waals surface area contributed by atoms with Crippen LogP contribution in [0.15, 0.2) is 47.6 Å². The zero-order valence-corrected chi connectivity index (χ0v) is 14.0. The Bertz CT molecular complexity index is 880. The monoisotopic (exact) mass is 342 g/mol. The van der Waals surface area contributed by atoms with Crippen molar-refractivity contribution in [2.24, 2.45) is 5.16 Å². The predicted molar refractivity (Wildman–Crippen MR) is 91.4 cm³/mol. The number of rotatable bonds is 3. The Morgan fingerprint density at radius 1 is 1.29 bits per heavy atom. The highest BCUT2D eigenvalue weighted by Gasteiger charge is 2.61.